The SMILES string of the molecule is COc1ccc(-n2c(C)c(C(C)=O)c3c(CN(C)C)c(O)c(Br)cc32)cc1. The molecule has 0 aliphatic carbocycles. The fourth-order valence-corrected chi connectivity index (χ4v) is 4.03. The number of aromatic nitrogens is 1. The van der Waals surface area contributed by atoms with Crippen LogP contribution in [0.3, 0.4) is 0 Å². The van der Waals surface area contributed by atoms with Gasteiger partial charge in [-0.05, 0) is 74.2 Å². The number of hydrogen-bond donors (Lipinski definition) is 1. The van der Waals surface area contributed by atoms with Gasteiger partial charge in [0.15, 0.2) is 5.78 Å². The number of aromatic hydroxyl groups is 1. The van der Waals surface area contributed by atoms with Crippen LogP contribution in [0.1, 0.15) is 28.5 Å². The number of methoxy groups -OCH3 is 1. The van der Waals surface area contributed by atoms with Gasteiger partial charge in [-0.1, -0.05) is 0 Å². The van der Waals surface area contributed by atoms with Gasteiger partial charge in [0.25, 0.3) is 0 Å². The van der Waals surface area contributed by atoms with Crippen LogP contribution in [-0.2, 0) is 6.54 Å². The Balaban J connectivity index is 2.43. The highest BCUT2D eigenvalue weighted by molar-refractivity contribution is 9.10. The molecule has 0 amide bonds. The molecular weight excluding hydrogens is 408 g/mol. The van der Waals surface area contributed by atoms with Crippen molar-refractivity contribution in [1.29, 1.82) is 0 Å². The van der Waals surface area contributed by atoms with Gasteiger partial charge < -0.3 is 19.3 Å². The van der Waals surface area contributed by atoms with Gasteiger partial charge in [0.05, 0.1) is 17.1 Å². The van der Waals surface area contributed by atoms with Crippen molar-refractivity contribution in [3.05, 3.63) is 51.6 Å². The van der Waals surface area contributed by atoms with E-state index in [1.807, 2.05) is 56.3 Å². The largest absolute Gasteiger partial charge is 0.506 e. The van der Waals surface area contributed by atoms with Gasteiger partial charge in [0, 0.05) is 34.4 Å². The number of phenolic OH excluding ortho intramolecular Hbond substituents is 1. The second kappa shape index (κ2) is 7.37. The van der Waals surface area contributed by atoms with Crippen molar-refractivity contribution in [2.24, 2.45) is 0 Å². The molecule has 1 heterocycles. The Kier molecular flexibility index (Phi) is 5.31. The molecule has 0 bridgehead atoms. The van der Waals surface area contributed by atoms with Crippen molar-refractivity contribution in [2.75, 3.05) is 21.2 Å². The molecular formula is C21H23BrN2O3. The average Bonchev–Trinajstić information content (AvgIpc) is 2.90. The fourth-order valence-electron chi connectivity index (χ4n) is 3.57. The standard InChI is InChI=1S/C21H23BrN2O3/c1-12-19(13(2)25)20-16(11-23(3)4)21(26)17(22)10-18(20)24(12)14-6-8-15(27-5)9-7-14/h6-10,26H,11H2,1-5H3. The summed E-state index contributed by atoms with van der Waals surface area (Å²) < 4.78 is 7.91. The molecule has 0 aliphatic rings. The van der Waals surface area contributed by atoms with Gasteiger partial charge in [-0.15, -0.1) is 0 Å². The first-order chi connectivity index (χ1) is 12.8. The van der Waals surface area contributed by atoms with Crippen molar-refractivity contribution in [3.63, 3.8) is 0 Å². The lowest BCUT2D eigenvalue weighted by atomic mass is 10.0. The third-order valence-corrected chi connectivity index (χ3v) is 5.28. The van der Waals surface area contributed by atoms with Crippen molar-refractivity contribution < 1.29 is 14.6 Å². The second-order valence-electron chi connectivity index (χ2n) is 6.87. The molecule has 0 unspecified atom stereocenters. The van der Waals surface area contributed by atoms with Crippen LogP contribution < -0.4 is 4.74 Å². The molecule has 142 valence electrons. The number of hydrogen-bond acceptors (Lipinski definition) is 4. The molecule has 5 nitrogen and oxygen atoms in total. The van der Waals surface area contributed by atoms with Crippen LogP contribution in [0.4, 0.5) is 0 Å². The number of nitrogens with zero attached hydrogens (tertiary/aromatic N) is 2. The van der Waals surface area contributed by atoms with E-state index in [0.29, 0.717) is 16.6 Å². The van der Waals surface area contributed by atoms with Crippen molar-refractivity contribution in [1.82, 2.24) is 9.47 Å². The fraction of sp³-hybridized carbons (Fsp3) is 0.286. The van der Waals surface area contributed by atoms with Gasteiger partial charge >= 0.3 is 0 Å². The highest BCUT2D eigenvalue weighted by Crippen LogP contribution is 2.41. The first-order valence-electron chi connectivity index (χ1n) is 8.61. The second-order valence-corrected chi connectivity index (χ2v) is 7.72. The first-order valence-corrected chi connectivity index (χ1v) is 9.41. The van der Waals surface area contributed by atoms with E-state index in [2.05, 4.69) is 20.5 Å². The summed E-state index contributed by atoms with van der Waals surface area (Å²) in [7, 11) is 5.51. The number of Topliss-reactive ketones (excluding diaryl/α,β-unsaturated/α-hetero) is 1. The van der Waals surface area contributed by atoms with Crippen LogP contribution in [0.25, 0.3) is 16.6 Å². The Morgan fingerprint density at radius 1 is 1.26 bits per heavy atom. The van der Waals surface area contributed by atoms with Gasteiger partial charge in [0.1, 0.15) is 11.5 Å². The van der Waals surface area contributed by atoms with E-state index in [4.69, 9.17) is 4.74 Å². The number of rotatable bonds is 5. The summed E-state index contributed by atoms with van der Waals surface area (Å²) in [5.74, 6) is 0.920. The third kappa shape index (κ3) is 3.35. The average molecular weight is 431 g/mol. The zero-order valence-electron chi connectivity index (χ0n) is 16.1. The summed E-state index contributed by atoms with van der Waals surface area (Å²) in [6, 6.07) is 9.57. The number of carbonyl (C=O) groups excluding carboxylic acids is 1. The topological polar surface area (TPSA) is 54.7 Å². The van der Waals surface area contributed by atoms with Gasteiger partial charge in [0.2, 0.25) is 0 Å². The summed E-state index contributed by atoms with van der Waals surface area (Å²) in [5, 5.41) is 11.5. The maximum Gasteiger partial charge on any atom is 0.162 e. The number of ether oxygens (including phenoxy) is 1. The molecule has 0 spiro atoms. The summed E-state index contributed by atoms with van der Waals surface area (Å²) in [5.41, 5.74) is 4.04. The molecule has 0 fully saturated rings. The zero-order valence-corrected chi connectivity index (χ0v) is 17.7. The molecule has 27 heavy (non-hydrogen) atoms. The van der Waals surface area contributed by atoms with E-state index in [1.54, 1.807) is 14.0 Å². The van der Waals surface area contributed by atoms with E-state index in [1.165, 1.54) is 0 Å². The van der Waals surface area contributed by atoms with Crippen LogP contribution in [0.5, 0.6) is 11.5 Å². The van der Waals surface area contributed by atoms with Gasteiger partial charge in [-0.25, -0.2) is 0 Å². The van der Waals surface area contributed by atoms with Crippen LogP contribution in [0.2, 0.25) is 0 Å². The molecule has 1 aromatic heterocycles. The Morgan fingerprint density at radius 3 is 2.41 bits per heavy atom. The predicted octanol–water partition coefficient (Wildman–Crippen LogP) is 4.68. The molecule has 0 saturated carbocycles. The minimum Gasteiger partial charge on any atom is -0.506 e. The molecule has 3 rings (SSSR count). The summed E-state index contributed by atoms with van der Waals surface area (Å²) in [4.78, 5) is 14.5. The predicted molar refractivity (Wildman–Crippen MR) is 111 cm³/mol. The van der Waals surface area contributed by atoms with E-state index in [0.717, 1.165) is 33.6 Å². The molecule has 0 saturated heterocycles. The zero-order chi connectivity index (χ0) is 19.9. The number of fused-ring (bicyclic) bond motifs is 1. The normalized spacial score (nSPS) is 11.4. The van der Waals surface area contributed by atoms with Crippen molar-refractivity contribution in [3.8, 4) is 17.2 Å². The van der Waals surface area contributed by atoms with Crippen molar-refractivity contribution in [2.45, 2.75) is 20.4 Å². The van der Waals surface area contributed by atoms with E-state index < -0.39 is 0 Å². The number of ketones is 1. The lowest BCUT2D eigenvalue weighted by Gasteiger charge is -2.15. The minimum absolute atomic E-state index is 0.0218. The maximum absolute atomic E-state index is 12.5. The van der Waals surface area contributed by atoms with Crippen LogP contribution >= 0.6 is 15.9 Å². The number of carbonyl (C=O) groups is 1. The molecule has 6 heteroatoms. The van der Waals surface area contributed by atoms with Crippen LogP contribution in [-0.4, -0.2) is 41.6 Å². The Morgan fingerprint density at radius 2 is 1.89 bits per heavy atom. The van der Waals surface area contributed by atoms with Crippen LogP contribution in [0.15, 0.2) is 34.8 Å². The summed E-state index contributed by atoms with van der Waals surface area (Å²) in [6.45, 7) is 4.03. The lowest BCUT2D eigenvalue weighted by Crippen LogP contribution is -2.12. The van der Waals surface area contributed by atoms with Crippen molar-refractivity contribution >= 4 is 32.6 Å². The Bertz CT molecular complexity index is 1020. The smallest absolute Gasteiger partial charge is 0.162 e. The van der Waals surface area contributed by atoms with Crippen LogP contribution in [0, 0.1) is 6.92 Å². The summed E-state index contributed by atoms with van der Waals surface area (Å²) >= 11 is 3.47. The quantitative estimate of drug-likeness (QED) is 0.596. The van der Waals surface area contributed by atoms with E-state index >= 15 is 0 Å². The van der Waals surface area contributed by atoms with Gasteiger partial charge in [-0.3, -0.25) is 4.79 Å². The van der Waals surface area contributed by atoms with Gasteiger partial charge in [-0.2, -0.15) is 0 Å². The van der Waals surface area contributed by atoms with E-state index in [-0.39, 0.29) is 11.5 Å². The molecule has 3 aromatic rings. The first kappa shape index (κ1) is 19.5. The third-order valence-electron chi connectivity index (χ3n) is 4.68. The molecule has 2 aromatic carbocycles. The molecule has 0 aliphatic heterocycles. The minimum atomic E-state index is -0.0218. The monoisotopic (exact) mass is 430 g/mol. The highest BCUT2D eigenvalue weighted by Gasteiger charge is 2.24. The molecule has 1 N–H and O–H groups in total. The lowest BCUT2D eigenvalue weighted by molar-refractivity contribution is 0.101. The van der Waals surface area contributed by atoms with E-state index in [9.17, 15) is 9.90 Å². The number of phenols is 1. The molecule has 0 atom stereocenters. The number of benzene rings is 2. The summed E-state index contributed by atoms with van der Waals surface area (Å²) in [6.07, 6.45) is 0. The number of halogens is 1. The Labute approximate surface area is 167 Å². The highest BCUT2D eigenvalue weighted by atomic mass is 79.9. The maximum atomic E-state index is 12.5. The molecule has 0 radical (unpaired) electrons. The Hall–Kier alpha value is -2.31.